The topological polar surface area (TPSA) is 0 Å². The van der Waals surface area contributed by atoms with Crippen molar-refractivity contribution in [3.63, 3.8) is 0 Å². The molecule has 0 unspecified atom stereocenters. The van der Waals surface area contributed by atoms with E-state index in [2.05, 4.69) is 146 Å². The normalized spacial score (nSPS) is 11.5. The fraction of sp³-hybridized carbons (Fsp3) is 0.0286. The predicted octanol–water partition coefficient (Wildman–Crippen LogP) is 9.81. The Morgan fingerprint density at radius 2 is 0.857 bits per heavy atom. The Morgan fingerprint density at radius 3 is 1.43 bits per heavy atom. The highest BCUT2D eigenvalue weighted by Crippen LogP contribution is 2.43. The molecule has 35 heavy (non-hydrogen) atoms. The lowest BCUT2D eigenvalue weighted by atomic mass is 9.85. The molecule has 0 amide bonds. The highest BCUT2D eigenvalue weighted by molar-refractivity contribution is 6.21. The van der Waals surface area contributed by atoms with E-state index >= 15 is 0 Å². The van der Waals surface area contributed by atoms with Gasteiger partial charge < -0.3 is 0 Å². The van der Waals surface area contributed by atoms with Crippen molar-refractivity contribution in [3.8, 4) is 22.3 Å². The van der Waals surface area contributed by atoms with Gasteiger partial charge >= 0.3 is 0 Å². The molecule has 0 N–H and O–H groups in total. The second-order valence-corrected chi connectivity index (χ2v) is 9.08. The van der Waals surface area contributed by atoms with Crippen molar-refractivity contribution in [3.05, 3.63) is 144 Å². The number of hydrogen-bond acceptors (Lipinski definition) is 0. The van der Waals surface area contributed by atoms with E-state index in [4.69, 9.17) is 0 Å². The molecule has 6 rings (SSSR count). The van der Waals surface area contributed by atoms with E-state index in [0.29, 0.717) is 0 Å². The van der Waals surface area contributed by atoms with Crippen LogP contribution in [0.4, 0.5) is 0 Å². The summed E-state index contributed by atoms with van der Waals surface area (Å²) in [4.78, 5) is 0. The minimum atomic E-state index is 1.20. The van der Waals surface area contributed by atoms with Crippen LogP contribution in [0.1, 0.15) is 16.7 Å². The van der Waals surface area contributed by atoms with Crippen molar-refractivity contribution in [2.24, 2.45) is 0 Å². The minimum Gasteiger partial charge on any atom is -0.0622 e. The Bertz CT molecular complexity index is 1630. The first kappa shape index (κ1) is 21.1. The molecule has 0 aliphatic rings. The zero-order valence-electron chi connectivity index (χ0n) is 19.8. The van der Waals surface area contributed by atoms with Crippen molar-refractivity contribution in [2.45, 2.75) is 6.92 Å². The first-order valence-corrected chi connectivity index (χ1v) is 12.1. The maximum absolute atomic E-state index is 2.31. The van der Waals surface area contributed by atoms with Gasteiger partial charge in [-0.25, -0.2) is 0 Å². The van der Waals surface area contributed by atoms with Crippen LogP contribution in [0, 0.1) is 6.92 Å². The van der Waals surface area contributed by atoms with Crippen LogP contribution in [0.25, 0.3) is 56.0 Å². The molecule has 0 aromatic heterocycles. The van der Waals surface area contributed by atoms with Crippen LogP contribution < -0.4 is 0 Å². The van der Waals surface area contributed by atoms with Gasteiger partial charge in [0, 0.05) is 0 Å². The standard InChI is InChI=1S/C35H26/c1-25-11-9-15-28(23-25)34-30-17-5-7-19-32(30)35(33-20-8-6-18-31(33)34)29-16-10-14-27(24-29)22-21-26-12-3-2-4-13-26/h2-24H,1H3/b22-21+. The lowest BCUT2D eigenvalue weighted by Crippen LogP contribution is -1.91. The Balaban J connectivity index is 1.60. The van der Waals surface area contributed by atoms with Gasteiger partial charge in [0.25, 0.3) is 0 Å². The van der Waals surface area contributed by atoms with Crippen molar-refractivity contribution in [1.29, 1.82) is 0 Å². The molecule has 0 atom stereocenters. The maximum atomic E-state index is 2.31. The smallest absolute Gasteiger partial charge is 0.00262 e. The van der Waals surface area contributed by atoms with Crippen molar-refractivity contribution >= 4 is 33.7 Å². The van der Waals surface area contributed by atoms with Gasteiger partial charge in [-0.05, 0) is 67.9 Å². The summed E-state index contributed by atoms with van der Waals surface area (Å²) >= 11 is 0. The van der Waals surface area contributed by atoms with Crippen LogP contribution in [0.3, 0.4) is 0 Å². The molecule has 0 aliphatic carbocycles. The number of hydrogen-bond donors (Lipinski definition) is 0. The van der Waals surface area contributed by atoms with Crippen LogP contribution in [0.2, 0.25) is 0 Å². The Hall–Kier alpha value is -4.42. The summed E-state index contributed by atoms with van der Waals surface area (Å²) in [5.74, 6) is 0. The van der Waals surface area contributed by atoms with Gasteiger partial charge in [-0.2, -0.15) is 0 Å². The molecule has 0 radical (unpaired) electrons. The van der Waals surface area contributed by atoms with E-state index in [1.165, 1.54) is 60.5 Å². The zero-order valence-corrected chi connectivity index (χ0v) is 19.8. The van der Waals surface area contributed by atoms with Crippen molar-refractivity contribution < 1.29 is 0 Å². The van der Waals surface area contributed by atoms with E-state index in [-0.39, 0.29) is 0 Å². The molecular weight excluding hydrogens is 420 g/mol. The third-order valence-electron chi connectivity index (χ3n) is 6.68. The average Bonchev–Trinajstić information content (AvgIpc) is 2.91. The monoisotopic (exact) mass is 446 g/mol. The molecule has 0 fully saturated rings. The van der Waals surface area contributed by atoms with E-state index in [1.807, 2.05) is 0 Å². The Labute approximate surface area is 206 Å². The Morgan fingerprint density at radius 1 is 0.400 bits per heavy atom. The molecule has 6 aromatic carbocycles. The zero-order chi connectivity index (χ0) is 23.6. The summed E-state index contributed by atoms with van der Waals surface area (Å²) in [5, 5.41) is 5.15. The fourth-order valence-electron chi connectivity index (χ4n) is 5.11. The summed E-state index contributed by atoms with van der Waals surface area (Å²) in [6.45, 7) is 2.16. The molecule has 0 bridgehead atoms. The van der Waals surface area contributed by atoms with Crippen LogP contribution in [-0.2, 0) is 0 Å². The largest absolute Gasteiger partial charge is 0.0622 e. The maximum Gasteiger partial charge on any atom is -0.00262 e. The van der Waals surface area contributed by atoms with Gasteiger partial charge in [0.05, 0.1) is 0 Å². The number of rotatable bonds is 4. The quantitative estimate of drug-likeness (QED) is 0.187. The minimum absolute atomic E-state index is 1.20. The summed E-state index contributed by atoms with van der Waals surface area (Å²) in [7, 11) is 0. The number of fused-ring (bicyclic) bond motifs is 2. The van der Waals surface area contributed by atoms with E-state index in [1.54, 1.807) is 0 Å². The number of benzene rings is 6. The van der Waals surface area contributed by atoms with Crippen LogP contribution >= 0.6 is 0 Å². The van der Waals surface area contributed by atoms with Gasteiger partial charge in [0.1, 0.15) is 0 Å². The average molecular weight is 447 g/mol. The third kappa shape index (κ3) is 4.05. The van der Waals surface area contributed by atoms with Crippen LogP contribution in [-0.4, -0.2) is 0 Å². The molecule has 0 heterocycles. The number of aryl methyl sites for hydroxylation is 1. The summed E-state index contributed by atoms with van der Waals surface area (Å²) in [6.07, 6.45) is 4.38. The van der Waals surface area contributed by atoms with Gasteiger partial charge in [-0.3, -0.25) is 0 Å². The molecule has 0 saturated carbocycles. The summed E-state index contributed by atoms with van der Waals surface area (Å²) < 4.78 is 0. The van der Waals surface area contributed by atoms with Gasteiger partial charge in [-0.15, -0.1) is 0 Å². The molecule has 0 nitrogen and oxygen atoms in total. The third-order valence-corrected chi connectivity index (χ3v) is 6.68. The van der Waals surface area contributed by atoms with Crippen LogP contribution in [0.5, 0.6) is 0 Å². The molecule has 0 heteroatoms. The summed E-state index contributed by atoms with van der Waals surface area (Å²) in [5.41, 5.74) is 8.79. The van der Waals surface area contributed by atoms with Crippen molar-refractivity contribution in [2.75, 3.05) is 0 Å². The second kappa shape index (κ2) is 9.08. The first-order chi connectivity index (χ1) is 17.3. The highest BCUT2D eigenvalue weighted by atomic mass is 14.2. The molecule has 166 valence electrons. The SMILES string of the molecule is Cc1cccc(-c2c3ccccc3c(-c3cccc(/C=C/c4ccccc4)c3)c3ccccc23)c1. The summed E-state index contributed by atoms with van der Waals surface area (Å²) in [6, 6.07) is 45.9. The van der Waals surface area contributed by atoms with Crippen molar-refractivity contribution in [1.82, 2.24) is 0 Å². The van der Waals surface area contributed by atoms with E-state index < -0.39 is 0 Å². The first-order valence-electron chi connectivity index (χ1n) is 12.1. The molecular formula is C35H26. The van der Waals surface area contributed by atoms with Gasteiger partial charge in [0.2, 0.25) is 0 Å². The van der Waals surface area contributed by atoms with Gasteiger partial charge in [-0.1, -0.05) is 139 Å². The lowest BCUT2D eigenvalue weighted by Gasteiger charge is -2.18. The van der Waals surface area contributed by atoms with Gasteiger partial charge in [0.15, 0.2) is 0 Å². The molecule has 0 aliphatic heterocycles. The molecule has 0 spiro atoms. The fourth-order valence-corrected chi connectivity index (χ4v) is 5.11. The van der Waals surface area contributed by atoms with Crippen LogP contribution in [0.15, 0.2) is 127 Å². The van der Waals surface area contributed by atoms with E-state index in [9.17, 15) is 0 Å². The van der Waals surface area contributed by atoms with E-state index in [0.717, 1.165) is 0 Å². The lowest BCUT2D eigenvalue weighted by molar-refractivity contribution is 1.47. The highest BCUT2D eigenvalue weighted by Gasteiger charge is 2.16. The second-order valence-electron chi connectivity index (χ2n) is 9.08. The molecule has 6 aromatic rings. The molecule has 0 saturated heterocycles. The Kier molecular flexibility index (Phi) is 5.48. The predicted molar refractivity (Wildman–Crippen MR) is 152 cm³/mol.